The molecule has 1 atom stereocenters. The highest BCUT2D eigenvalue weighted by Gasteiger charge is 2.39. The summed E-state index contributed by atoms with van der Waals surface area (Å²) < 4.78 is 0. The molecule has 1 aromatic heterocycles. The molecule has 132 valence electrons. The molecule has 0 aliphatic carbocycles. The van der Waals surface area contributed by atoms with Gasteiger partial charge in [0.05, 0.1) is 18.6 Å². The second kappa shape index (κ2) is 6.90. The molecule has 1 saturated heterocycles. The van der Waals surface area contributed by atoms with Crippen LogP contribution in [0.1, 0.15) is 22.4 Å². The fourth-order valence-electron chi connectivity index (χ4n) is 3.98. The molecule has 0 radical (unpaired) electrons. The predicted molar refractivity (Wildman–Crippen MR) is 99.6 cm³/mol. The Kier molecular flexibility index (Phi) is 4.63. The van der Waals surface area contributed by atoms with E-state index < -0.39 is 5.60 Å². The molecule has 2 aliphatic rings. The van der Waals surface area contributed by atoms with Crippen LogP contribution in [0.5, 0.6) is 0 Å². The lowest BCUT2D eigenvalue weighted by Gasteiger charge is -2.34. The quantitative estimate of drug-likeness (QED) is 0.914. The minimum absolute atomic E-state index is 0.127. The molecule has 1 fully saturated rings. The summed E-state index contributed by atoms with van der Waals surface area (Å²) >= 11 is 1.61. The summed E-state index contributed by atoms with van der Waals surface area (Å²) in [6.45, 7) is 3.62. The molecular formula is C20H24N2O2S. The first-order chi connectivity index (χ1) is 12.1. The maximum atomic E-state index is 12.5. The summed E-state index contributed by atoms with van der Waals surface area (Å²) in [7, 11) is 0. The minimum atomic E-state index is -0.780. The molecule has 0 bridgehead atoms. The van der Waals surface area contributed by atoms with E-state index >= 15 is 0 Å². The summed E-state index contributed by atoms with van der Waals surface area (Å²) in [5.41, 5.74) is 2.00. The molecule has 25 heavy (non-hydrogen) atoms. The smallest absolute Gasteiger partial charge is 0.227 e. The van der Waals surface area contributed by atoms with Gasteiger partial charge in [-0.2, -0.15) is 0 Å². The Morgan fingerprint density at radius 1 is 1.16 bits per heavy atom. The number of fused-ring (bicyclic) bond motifs is 1. The number of carbonyl (C=O) groups excluding carboxylic acids is 1. The van der Waals surface area contributed by atoms with Gasteiger partial charge in [0.25, 0.3) is 0 Å². The molecule has 2 aliphatic heterocycles. The molecular weight excluding hydrogens is 332 g/mol. The number of benzene rings is 1. The van der Waals surface area contributed by atoms with Crippen LogP contribution in [0.25, 0.3) is 0 Å². The minimum Gasteiger partial charge on any atom is -0.387 e. The first kappa shape index (κ1) is 16.8. The van der Waals surface area contributed by atoms with E-state index in [1.165, 1.54) is 11.1 Å². The molecule has 0 saturated carbocycles. The highest BCUT2D eigenvalue weighted by atomic mass is 32.1. The fraction of sp³-hybridized carbons (Fsp3) is 0.450. The Balaban J connectivity index is 1.35. The van der Waals surface area contributed by atoms with Gasteiger partial charge in [0.15, 0.2) is 0 Å². The number of likely N-dealkylation sites (tertiary alicyclic amines) is 1. The highest BCUT2D eigenvalue weighted by molar-refractivity contribution is 7.10. The topological polar surface area (TPSA) is 43.8 Å². The van der Waals surface area contributed by atoms with Crippen molar-refractivity contribution in [3.63, 3.8) is 0 Å². The largest absolute Gasteiger partial charge is 0.387 e. The normalized spacial score (nSPS) is 23.6. The Bertz CT molecular complexity index is 746. The predicted octanol–water partition coefficient (Wildman–Crippen LogP) is 2.31. The number of rotatable bonds is 4. The van der Waals surface area contributed by atoms with Crippen LogP contribution in [0.3, 0.4) is 0 Å². The molecule has 5 heteroatoms. The van der Waals surface area contributed by atoms with E-state index in [1.807, 2.05) is 22.4 Å². The van der Waals surface area contributed by atoms with Crippen molar-refractivity contribution in [3.8, 4) is 0 Å². The van der Waals surface area contributed by atoms with Crippen molar-refractivity contribution < 1.29 is 9.90 Å². The van der Waals surface area contributed by atoms with Crippen LogP contribution in [-0.4, -0.2) is 52.6 Å². The second-order valence-electron chi connectivity index (χ2n) is 7.28. The highest BCUT2D eigenvalue weighted by Crippen LogP contribution is 2.26. The molecule has 4 rings (SSSR count). The summed E-state index contributed by atoms with van der Waals surface area (Å²) in [5, 5.41) is 13.0. The van der Waals surface area contributed by atoms with Gasteiger partial charge in [-0.15, -0.1) is 11.3 Å². The summed E-state index contributed by atoms with van der Waals surface area (Å²) in [6.07, 6.45) is 2.15. The standard InChI is InChI=1S/C20H24N2O2S/c23-19(12-18-6-3-11-25-18)22-10-8-20(24,15-22)14-21-9-7-16-4-1-2-5-17(16)13-21/h1-6,11,24H,7-10,12-15H2/t20-/m0/s1. The van der Waals surface area contributed by atoms with Crippen LogP contribution in [0.15, 0.2) is 41.8 Å². The van der Waals surface area contributed by atoms with Gasteiger partial charge in [-0.25, -0.2) is 0 Å². The second-order valence-corrected chi connectivity index (χ2v) is 8.31. The van der Waals surface area contributed by atoms with E-state index in [1.54, 1.807) is 11.3 Å². The van der Waals surface area contributed by atoms with Gasteiger partial charge in [0.1, 0.15) is 0 Å². The maximum Gasteiger partial charge on any atom is 0.227 e. The third-order valence-electron chi connectivity index (χ3n) is 5.32. The monoisotopic (exact) mass is 356 g/mol. The Hall–Kier alpha value is -1.69. The lowest BCUT2D eigenvalue weighted by Crippen LogP contribution is -2.47. The zero-order chi connectivity index (χ0) is 17.3. The number of nitrogens with zero attached hydrogens (tertiary/aromatic N) is 2. The number of β-amino-alcohol motifs (C(OH)–C–C–N with tert-alkyl or cyclic N) is 1. The van der Waals surface area contributed by atoms with Gasteiger partial charge in [-0.05, 0) is 35.4 Å². The van der Waals surface area contributed by atoms with E-state index in [0.717, 1.165) is 24.4 Å². The third kappa shape index (κ3) is 3.78. The number of hydrogen-bond acceptors (Lipinski definition) is 4. The average molecular weight is 356 g/mol. The van der Waals surface area contributed by atoms with Gasteiger partial charge in [0.2, 0.25) is 5.91 Å². The number of carbonyl (C=O) groups is 1. The molecule has 2 aromatic rings. The molecule has 1 amide bonds. The number of hydrogen-bond donors (Lipinski definition) is 1. The zero-order valence-electron chi connectivity index (χ0n) is 14.4. The molecule has 1 aromatic carbocycles. The lowest BCUT2D eigenvalue weighted by molar-refractivity contribution is -0.130. The van der Waals surface area contributed by atoms with E-state index in [4.69, 9.17) is 0 Å². The Morgan fingerprint density at radius 2 is 2.00 bits per heavy atom. The number of thiophene rings is 1. The Morgan fingerprint density at radius 3 is 2.80 bits per heavy atom. The average Bonchev–Trinajstić information content (AvgIpc) is 3.24. The van der Waals surface area contributed by atoms with Gasteiger partial charge in [-0.1, -0.05) is 30.3 Å². The van der Waals surface area contributed by atoms with Crippen molar-refractivity contribution in [2.75, 3.05) is 26.2 Å². The molecule has 3 heterocycles. The van der Waals surface area contributed by atoms with Gasteiger partial charge < -0.3 is 10.0 Å². The summed E-state index contributed by atoms with van der Waals surface area (Å²) in [4.78, 5) is 17.7. The van der Waals surface area contributed by atoms with Gasteiger partial charge in [0, 0.05) is 31.1 Å². The number of amides is 1. The fourth-order valence-corrected chi connectivity index (χ4v) is 4.67. The maximum absolute atomic E-state index is 12.5. The summed E-state index contributed by atoms with van der Waals surface area (Å²) in [5.74, 6) is 0.127. The van der Waals surface area contributed by atoms with Crippen LogP contribution in [0, 0.1) is 0 Å². The van der Waals surface area contributed by atoms with Crippen LogP contribution >= 0.6 is 11.3 Å². The third-order valence-corrected chi connectivity index (χ3v) is 6.19. The molecule has 0 spiro atoms. The number of aliphatic hydroxyl groups is 1. The van der Waals surface area contributed by atoms with Crippen LogP contribution in [0.2, 0.25) is 0 Å². The first-order valence-electron chi connectivity index (χ1n) is 8.93. The van der Waals surface area contributed by atoms with Crippen LogP contribution < -0.4 is 0 Å². The molecule has 0 unspecified atom stereocenters. The van der Waals surface area contributed by atoms with Crippen molar-refractivity contribution in [1.82, 2.24) is 9.80 Å². The van der Waals surface area contributed by atoms with E-state index in [9.17, 15) is 9.90 Å². The van der Waals surface area contributed by atoms with E-state index in [-0.39, 0.29) is 5.91 Å². The lowest BCUT2D eigenvalue weighted by atomic mass is 9.97. The van der Waals surface area contributed by atoms with E-state index in [0.29, 0.717) is 32.5 Å². The van der Waals surface area contributed by atoms with Crippen molar-refractivity contribution in [2.24, 2.45) is 0 Å². The van der Waals surface area contributed by atoms with Gasteiger partial charge >= 0.3 is 0 Å². The van der Waals surface area contributed by atoms with E-state index in [2.05, 4.69) is 29.2 Å². The SMILES string of the molecule is O=C(Cc1cccs1)N1CC[C@](O)(CN2CCc3ccccc3C2)C1. The van der Waals surface area contributed by atoms with Crippen molar-refractivity contribution in [1.29, 1.82) is 0 Å². The molecule has 1 N–H and O–H groups in total. The zero-order valence-corrected chi connectivity index (χ0v) is 15.2. The first-order valence-corrected chi connectivity index (χ1v) is 9.81. The van der Waals surface area contributed by atoms with Crippen molar-refractivity contribution >= 4 is 17.2 Å². The van der Waals surface area contributed by atoms with Crippen molar-refractivity contribution in [3.05, 3.63) is 57.8 Å². The Labute approximate surface area is 152 Å². The summed E-state index contributed by atoms with van der Waals surface area (Å²) in [6, 6.07) is 12.5. The van der Waals surface area contributed by atoms with Crippen LogP contribution in [0.4, 0.5) is 0 Å². The van der Waals surface area contributed by atoms with Gasteiger partial charge in [-0.3, -0.25) is 9.69 Å². The van der Waals surface area contributed by atoms with Crippen LogP contribution in [-0.2, 0) is 24.2 Å². The molecule has 4 nitrogen and oxygen atoms in total. The van der Waals surface area contributed by atoms with Crippen molar-refractivity contribution in [2.45, 2.75) is 31.4 Å².